The van der Waals surface area contributed by atoms with Crippen molar-refractivity contribution < 1.29 is 14.1 Å². The molecule has 90 valence electrons. The number of nitrogens with zero attached hydrogens (tertiary/aromatic N) is 2. The first-order chi connectivity index (χ1) is 8.35. The second-order valence-corrected chi connectivity index (χ2v) is 3.38. The molecule has 1 atom stereocenters. The molecule has 6 nitrogen and oxygen atoms in total. The summed E-state index contributed by atoms with van der Waals surface area (Å²) in [6, 6.07) is 9.64. The van der Waals surface area contributed by atoms with Crippen molar-refractivity contribution in [2.24, 2.45) is 5.90 Å². The van der Waals surface area contributed by atoms with Crippen molar-refractivity contribution >= 4 is 0 Å². The van der Waals surface area contributed by atoms with Crippen LogP contribution in [0.3, 0.4) is 0 Å². The summed E-state index contributed by atoms with van der Waals surface area (Å²) in [6.45, 7) is 0.0816. The summed E-state index contributed by atoms with van der Waals surface area (Å²) in [4.78, 5) is 8.56. The summed E-state index contributed by atoms with van der Waals surface area (Å²) in [5, 5.41) is 3.84. The zero-order valence-corrected chi connectivity index (χ0v) is 9.37. The quantitative estimate of drug-likeness (QED) is 0.784. The van der Waals surface area contributed by atoms with Crippen LogP contribution in [-0.2, 0) is 16.2 Å². The van der Waals surface area contributed by atoms with Gasteiger partial charge in [0.2, 0.25) is 5.82 Å². The standard InChI is InChI=1S/C11H13N3O3/c1-15-10(8-5-3-2-4-6-8)11-13-9(7-16-12)17-14-11/h2-6,10H,7,12H2,1H3. The van der Waals surface area contributed by atoms with E-state index in [2.05, 4.69) is 15.0 Å². The van der Waals surface area contributed by atoms with Crippen LogP contribution in [0.25, 0.3) is 0 Å². The lowest BCUT2D eigenvalue weighted by Gasteiger charge is -2.10. The maximum atomic E-state index is 5.36. The first-order valence-corrected chi connectivity index (χ1v) is 5.07. The first-order valence-electron chi connectivity index (χ1n) is 5.07. The number of hydrogen-bond donors (Lipinski definition) is 1. The third kappa shape index (κ3) is 2.68. The van der Waals surface area contributed by atoms with Gasteiger partial charge in [0.25, 0.3) is 5.89 Å². The van der Waals surface area contributed by atoms with Crippen LogP contribution >= 0.6 is 0 Å². The Bertz CT molecular complexity index is 458. The van der Waals surface area contributed by atoms with Gasteiger partial charge in [-0.25, -0.2) is 5.90 Å². The third-order valence-corrected chi connectivity index (χ3v) is 2.26. The Hall–Kier alpha value is -1.76. The molecule has 0 spiro atoms. The van der Waals surface area contributed by atoms with Crippen molar-refractivity contribution in [3.63, 3.8) is 0 Å². The van der Waals surface area contributed by atoms with Crippen LogP contribution in [0.2, 0.25) is 0 Å². The fourth-order valence-electron chi connectivity index (χ4n) is 1.52. The number of rotatable bonds is 5. The van der Waals surface area contributed by atoms with Crippen LogP contribution in [0, 0.1) is 0 Å². The predicted octanol–water partition coefficient (Wildman–Crippen LogP) is 1.20. The lowest BCUT2D eigenvalue weighted by Crippen LogP contribution is -2.06. The lowest BCUT2D eigenvalue weighted by molar-refractivity contribution is 0.0993. The molecule has 6 heteroatoms. The van der Waals surface area contributed by atoms with Gasteiger partial charge in [-0.1, -0.05) is 35.5 Å². The number of methoxy groups -OCH3 is 1. The van der Waals surface area contributed by atoms with E-state index < -0.39 is 0 Å². The highest BCUT2D eigenvalue weighted by Gasteiger charge is 2.19. The van der Waals surface area contributed by atoms with E-state index in [1.165, 1.54) is 0 Å². The molecule has 0 aliphatic rings. The fourth-order valence-corrected chi connectivity index (χ4v) is 1.52. The van der Waals surface area contributed by atoms with E-state index in [1.807, 2.05) is 30.3 Å². The molecule has 1 heterocycles. The van der Waals surface area contributed by atoms with Gasteiger partial charge in [-0.2, -0.15) is 4.98 Å². The van der Waals surface area contributed by atoms with Crippen LogP contribution in [-0.4, -0.2) is 17.3 Å². The van der Waals surface area contributed by atoms with Crippen molar-refractivity contribution in [1.29, 1.82) is 0 Å². The van der Waals surface area contributed by atoms with E-state index in [9.17, 15) is 0 Å². The van der Waals surface area contributed by atoms with Gasteiger partial charge in [-0.15, -0.1) is 0 Å². The molecule has 0 bridgehead atoms. The van der Waals surface area contributed by atoms with Crippen LogP contribution in [0.15, 0.2) is 34.9 Å². The highest BCUT2D eigenvalue weighted by atomic mass is 16.6. The SMILES string of the molecule is COC(c1ccccc1)c1noc(CON)n1. The molecular formula is C11H13N3O3. The topological polar surface area (TPSA) is 83.4 Å². The second kappa shape index (κ2) is 5.53. The van der Waals surface area contributed by atoms with Gasteiger partial charge in [-0.3, -0.25) is 4.84 Å². The van der Waals surface area contributed by atoms with Gasteiger partial charge in [-0.05, 0) is 5.56 Å². The maximum Gasteiger partial charge on any atom is 0.254 e. The van der Waals surface area contributed by atoms with Gasteiger partial charge in [0.15, 0.2) is 0 Å². The van der Waals surface area contributed by atoms with Gasteiger partial charge >= 0.3 is 0 Å². The Balaban J connectivity index is 2.23. The monoisotopic (exact) mass is 235 g/mol. The number of benzene rings is 1. The van der Waals surface area contributed by atoms with Crippen LogP contribution in [0.1, 0.15) is 23.4 Å². The lowest BCUT2D eigenvalue weighted by atomic mass is 10.1. The highest BCUT2D eigenvalue weighted by Crippen LogP contribution is 2.22. The normalized spacial score (nSPS) is 12.6. The Kier molecular flexibility index (Phi) is 3.81. The van der Waals surface area contributed by atoms with Gasteiger partial charge in [0, 0.05) is 7.11 Å². The Morgan fingerprint density at radius 1 is 1.35 bits per heavy atom. The molecule has 17 heavy (non-hydrogen) atoms. The molecule has 0 fully saturated rings. The smallest absolute Gasteiger partial charge is 0.254 e. The summed E-state index contributed by atoms with van der Waals surface area (Å²) in [5.74, 6) is 5.70. The number of nitrogens with two attached hydrogens (primary N) is 1. The molecule has 2 N–H and O–H groups in total. The average Bonchev–Trinajstić information content (AvgIpc) is 2.81. The maximum absolute atomic E-state index is 5.36. The minimum Gasteiger partial charge on any atom is -0.369 e. The summed E-state index contributed by atoms with van der Waals surface area (Å²) in [5.41, 5.74) is 0.955. The molecule has 2 aromatic rings. The summed E-state index contributed by atoms with van der Waals surface area (Å²) < 4.78 is 10.3. The minimum atomic E-state index is -0.355. The Morgan fingerprint density at radius 3 is 2.76 bits per heavy atom. The molecule has 0 amide bonds. The van der Waals surface area contributed by atoms with Crippen molar-refractivity contribution in [2.45, 2.75) is 12.7 Å². The van der Waals surface area contributed by atoms with Gasteiger partial charge in [0.1, 0.15) is 12.7 Å². The fraction of sp³-hybridized carbons (Fsp3) is 0.273. The first kappa shape index (κ1) is 11.7. The zero-order chi connectivity index (χ0) is 12.1. The van der Waals surface area contributed by atoms with E-state index >= 15 is 0 Å². The molecule has 1 unspecified atom stereocenters. The molecule has 0 saturated carbocycles. The molecule has 0 aliphatic carbocycles. The molecular weight excluding hydrogens is 222 g/mol. The van der Waals surface area contributed by atoms with Crippen LogP contribution < -0.4 is 5.90 Å². The van der Waals surface area contributed by atoms with Crippen molar-refractivity contribution in [3.8, 4) is 0 Å². The van der Waals surface area contributed by atoms with Crippen LogP contribution in [0.4, 0.5) is 0 Å². The van der Waals surface area contributed by atoms with E-state index in [-0.39, 0.29) is 12.7 Å². The largest absolute Gasteiger partial charge is 0.369 e. The second-order valence-electron chi connectivity index (χ2n) is 3.38. The zero-order valence-electron chi connectivity index (χ0n) is 9.37. The van der Waals surface area contributed by atoms with Crippen molar-refractivity contribution in [3.05, 3.63) is 47.6 Å². The van der Waals surface area contributed by atoms with E-state index in [4.69, 9.17) is 15.2 Å². The molecule has 0 radical (unpaired) electrons. The number of ether oxygens (including phenoxy) is 1. The molecule has 2 rings (SSSR count). The average molecular weight is 235 g/mol. The van der Waals surface area contributed by atoms with Crippen LogP contribution in [0.5, 0.6) is 0 Å². The Morgan fingerprint density at radius 2 is 2.12 bits per heavy atom. The minimum absolute atomic E-state index is 0.0816. The van der Waals surface area contributed by atoms with Gasteiger partial charge < -0.3 is 9.26 Å². The van der Waals surface area contributed by atoms with Crippen molar-refractivity contribution in [1.82, 2.24) is 10.1 Å². The van der Waals surface area contributed by atoms with E-state index in [0.717, 1.165) is 5.56 Å². The predicted molar refractivity (Wildman–Crippen MR) is 58.6 cm³/mol. The summed E-state index contributed by atoms with van der Waals surface area (Å²) >= 11 is 0. The van der Waals surface area contributed by atoms with E-state index in [0.29, 0.717) is 11.7 Å². The van der Waals surface area contributed by atoms with Gasteiger partial charge in [0.05, 0.1) is 0 Å². The Labute approximate surface area is 98.3 Å². The molecule has 1 aromatic carbocycles. The molecule has 0 saturated heterocycles. The molecule has 0 aliphatic heterocycles. The third-order valence-electron chi connectivity index (χ3n) is 2.26. The number of hydrogen-bond acceptors (Lipinski definition) is 6. The summed E-state index contributed by atoms with van der Waals surface area (Å²) in [6.07, 6.45) is -0.355. The van der Waals surface area contributed by atoms with Crippen molar-refractivity contribution in [2.75, 3.05) is 7.11 Å². The summed E-state index contributed by atoms with van der Waals surface area (Å²) in [7, 11) is 1.59. The van der Waals surface area contributed by atoms with E-state index in [1.54, 1.807) is 7.11 Å². The highest BCUT2D eigenvalue weighted by molar-refractivity contribution is 5.22. The number of aromatic nitrogens is 2. The molecule has 1 aromatic heterocycles.